The van der Waals surface area contributed by atoms with Crippen LogP contribution in [-0.4, -0.2) is 18.4 Å². The second-order valence-corrected chi connectivity index (χ2v) is 19.7. The summed E-state index contributed by atoms with van der Waals surface area (Å²) in [6, 6.07) is 10.2. The average molecular weight is 425 g/mol. The van der Waals surface area contributed by atoms with Crippen LogP contribution in [0.1, 0.15) is 71.8 Å². The molecule has 1 aromatic rings. The van der Waals surface area contributed by atoms with E-state index in [0.717, 1.165) is 11.1 Å². The van der Waals surface area contributed by atoms with Crippen LogP contribution in [0, 0.1) is 0 Å². The molecule has 2 heteroatoms. The molecule has 0 aliphatic rings. The third kappa shape index (κ3) is 6.25. The van der Waals surface area contributed by atoms with Gasteiger partial charge >= 0.3 is 148 Å². The summed E-state index contributed by atoms with van der Waals surface area (Å²) in [6.45, 7) is 8.73. The first-order valence-corrected chi connectivity index (χ1v) is 17.0. The molecule has 23 heavy (non-hydrogen) atoms. The van der Waals surface area contributed by atoms with E-state index in [4.69, 9.17) is 0 Å². The van der Waals surface area contributed by atoms with Gasteiger partial charge in [0.15, 0.2) is 0 Å². The van der Waals surface area contributed by atoms with Crippen LogP contribution in [0.3, 0.4) is 0 Å². The molecular weight excluding hydrogens is 390 g/mol. The van der Waals surface area contributed by atoms with Gasteiger partial charge in [-0.2, -0.15) is 0 Å². The Morgan fingerprint density at radius 2 is 1.26 bits per heavy atom. The van der Waals surface area contributed by atoms with Gasteiger partial charge in [0.25, 0.3) is 0 Å². The number of hydrogen-bond acceptors (Lipinski definition) is 0. The summed E-state index contributed by atoms with van der Waals surface area (Å²) in [5, 5.41) is 0. The second kappa shape index (κ2) is 11.3. The summed E-state index contributed by atoms with van der Waals surface area (Å²) in [7, 11) is 0. The molecule has 0 bridgehead atoms. The Morgan fingerprint density at radius 3 is 1.65 bits per heavy atom. The van der Waals surface area contributed by atoms with E-state index in [-0.39, 0.29) is 0 Å². The molecule has 0 saturated heterocycles. The van der Waals surface area contributed by atoms with E-state index in [2.05, 4.69) is 32.9 Å². The predicted octanol–water partition coefficient (Wildman–Crippen LogP) is 7.78. The number of halogens is 1. The Morgan fingerprint density at radius 1 is 0.826 bits per heavy atom. The zero-order valence-electron chi connectivity index (χ0n) is 15.6. The zero-order chi connectivity index (χ0) is 17.1. The summed E-state index contributed by atoms with van der Waals surface area (Å²) in [5.41, 5.74) is 2.01. The van der Waals surface area contributed by atoms with Gasteiger partial charge in [-0.1, -0.05) is 0 Å². The minimum atomic E-state index is -2.89. The molecule has 0 aliphatic heterocycles. The molecule has 0 nitrogen and oxygen atoms in total. The molecule has 0 aliphatic carbocycles. The molecule has 0 fully saturated rings. The first kappa shape index (κ1) is 20.7. The molecule has 0 atom stereocenters. The van der Waals surface area contributed by atoms with Crippen LogP contribution in [0.5, 0.6) is 0 Å². The SMILES string of the molecule is CCC[CH2][Sn]([CH2]CCC)([CH2]CCC)/[C](F)=C(/C)c1ccccc1. The van der Waals surface area contributed by atoms with Gasteiger partial charge in [0.2, 0.25) is 0 Å². The van der Waals surface area contributed by atoms with Crippen molar-refractivity contribution in [1.29, 1.82) is 0 Å². The summed E-state index contributed by atoms with van der Waals surface area (Å²) < 4.78 is 19.7. The van der Waals surface area contributed by atoms with Crippen LogP contribution in [0.15, 0.2) is 34.2 Å². The van der Waals surface area contributed by atoms with Gasteiger partial charge < -0.3 is 0 Å². The Bertz CT molecular complexity index is 442. The van der Waals surface area contributed by atoms with E-state index in [9.17, 15) is 0 Å². The topological polar surface area (TPSA) is 0 Å². The fourth-order valence-electron chi connectivity index (χ4n) is 3.46. The normalized spacial score (nSPS) is 13.1. The van der Waals surface area contributed by atoms with Crippen molar-refractivity contribution >= 4 is 24.0 Å². The fraction of sp³-hybridized carbons (Fsp3) is 0.619. The third-order valence-corrected chi connectivity index (χ3v) is 20.0. The van der Waals surface area contributed by atoms with Gasteiger partial charge in [-0.3, -0.25) is 0 Å². The fourth-order valence-corrected chi connectivity index (χ4v) is 19.0. The van der Waals surface area contributed by atoms with Gasteiger partial charge in [-0.05, 0) is 0 Å². The number of unbranched alkanes of at least 4 members (excludes halogenated alkanes) is 3. The van der Waals surface area contributed by atoms with Crippen molar-refractivity contribution in [3.05, 3.63) is 39.7 Å². The Kier molecular flexibility index (Phi) is 10.2. The molecule has 0 heterocycles. The second-order valence-electron chi connectivity index (χ2n) is 6.90. The van der Waals surface area contributed by atoms with Crippen LogP contribution in [0.2, 0.25) is 13.3 Å². The van der Waals surface area contributed by atoms with Crippen molar-refractivity contribution in [3.63, 3.8) is 0 Å². The van der Waals surface area contributed by atoms with Crippen molar-refractivity contribution in [1.82, 2.24) is 0 Å². The first-order chi connectivity index (χ1) is 11.1. The Labute approximate surface area is 147 Å². The molecule has 0 saturated carbocycles. The van der Waals surface area contributed by atoms with E-state index in [1.807, 2.05) is 25.1 Å². The van der Waals surface area contributed by atoms with Gasteiger partial charge in [-0.25, -0.2) is 0 Å². The van der Waals surface area contributed by atoms with E-state index < -0.39 is 18.4 Å². The van der Waals surface area contributed by atoms with Crippen molar-refractivity contribution in [2.24, 2.45) is 0 Å². The minimum absolute atomic E-state index is 0.362. The van der Waals surface area contributed by atoms with Gasteiger partial charge in [0, 0.05) is 0 Å². The first-order valence-electron chi connectivity index (χ1n) is 9.53. The molecule has 1 aromatic carbocycles. The molecule has 0 amide bonds. The quantitative estimate of drug-likeness (QED) is 0.318. The third-order valence-electron chi connectivity index (χ3n) is 5.03. The molecule has 0 aromatic heterocycles. The van der Waals surface area contributed by atoms with Gasteiger partial charge in [0.05, 0.1) is 0 Å². The zero-order valence-corrected chi connectivity index (χ0v) is 18.5. The Balaban J connectivity index is 3.21. The van der Waals surface area contributed by atoms with E-state index in [0.29, 0.717) is 3.84 Å². The van der Waals surface area contributed by atoms with Crippen molar-refractivity contribution < 1.29 is 4.39 Å². The molecule has 0 unspecified atom stereocenters. The van der Waals surface area contributed by atoms with Crippen molar-refractivity contribution in [2.45, 2.75) is 79.5 Å². The van der Waals surface area contributed by atoms with Crippen molar-refractivity contribution in [3.8, 4) is 0 Å². The molecule has 130 valence electrons. The van der Waals surface area contributed by atoms with E-state index in [1.165, 1.54) is 51.8 Å². The maximum absolute atomic E-state index is 15.7. The molecule has 0 spiro atoms. The maximum atomic E-state index is 15.7. The standard InChI is InChI=1S/C9H8F.3C4H9.Sn/c1-8(7-10)9-5-3-2-4-6-9;3*1-3-4-2;/h2-6H,1H3;3*1,3-4H2,2H3;. The monoisotopic (exact) mass is 426 g/mol. The van der Waals surface area contributed by atoms with Crippen LogP contribution in [0.4, 0.5) is 4.39 Å². The van der Waals surface area contributed by atoms with Crippen molar-refractivity contribution in [2.75, 3.05) is 0 Å². The number of hydrogen-bond donors (Lipinski definition) is 0. The van der Waals surface area contributed by atoms with E-state index in [1.54, 1.807) is 0 Å². The van der Waals surface area contributed by atoms with Gasteiger partial charge in [0.1, 0.15) is 0 Å². The average Bonchev–Trinajstić information content (AvgIpc) is 2.61. The van der Waals surface area contributed by atoms with Crippen LogP contribution < -0.4 is 0 Å². The van der Waals surface area contributed by atoms with Gasteiger partial charge in [-0.15, -0.1) is 0 Å². The molecule has 0 radical (unpaired) electrons. The number of benzene rings is 1. The molecule has 0 N–H and O–H groups in total. The molecular formula is C21H35FSn. The summed E-state index contributed by atoms with van der Waals surface area (Å²) in [4.78, 5) is 0. The van der Waals surface area contributed by atoms with E-state index >= 15 is 4.39 Å². The summed E-state index contributed by atoms with van der Waals surface area (Å²) >= 11 is -2.89. The summed E-state index contributed by atoms with van der Waals surface area (Å²) in [6.07, 6.45) is 7.19. The van der Waals surface area contributed by atoms with Crippen LogP contribution >= 0.6 is 0 Å². The number of rotatable bonds is 11. The summed E-state index contributed by atoms with van der Waals surface area (Å²) in [5.74, 6) is 0. The van der Waals surface area contributed by atoms with Crippen LogP contribution in [0.25, 0.3) is 5.57 Å². The van der Waals surface area contributed by atoms with Crippen LogP contribution in [-0.2, 0) is 0 Å². The Hall–Kier alpha value is -0.311. The molecule has 1 rings (SSSR count). The predicted molar refractivity (Wildman–Crippen MR) is 105 cm³/mol. The number of allylic oxidation sites excluding steroid dienone is 1.